The lowest BCUT2D eigenvalue weighted by Crippen LogP contribution is -2.20. The van der Waals surface area contributed by atoms with Crippen LogP contribution in [-0.2, 0) is 5.75 Å². The molecule has 3 aromatic rings. The minimum atomic E-state index is -0.441. The summed E-state index contributed by atoms with van der Waals surface area (Å²) in [5.74, 6) is 1.20. The quantitative estimate of drug-likeness (QED) is 0.376. The average molecular weight is 369 g/mol. The van der Waals surface area contributed by atoms with Crippen LogP contribution in [0.1, 0.15) is 5.56 Å². The minimum Gasteiger partial charge on any atom is -0.497 e. The summed E-state index contributed by atoms with van der Waals surface area (Å²) in [6.07, 6.45) is 3.18. The number of benzene rings is 2. The van der Waals surface area contributed by atoms with Crippen LogP contribution in [0.4, 0.5) is 5.69 Å². The highest BCUT2D eigenvalue weighted by molar-refractivity contribution is 7.98. The average Bonchev–Trinajstić information content (AvgIpc) is 2.67. The summed E-state index contributed by atoms with van der Waals surface area (Å²) in [6.45, 7) is 0. The summed E-state index contributed by atoms with van der Waals surface area (Å²) < 4.78 is 6.64. The van der Waals surface area contributed by atoms with Crippen LogP contribution < -0.4 is 10.3 Å². The molecule has 0 N–H and O–H groups in total. The molecule has 0 radical (unpaired) electrons. The fraction of sp³-hybridized carbons (Fsp3) is 0.111. The number of ether oxygens (including phenoxy) is 1. The molecule has 26 heavy (non-hydrogen) atoms. The Kier molecular flexibility index (Phi) is 5.33. The molecule has 1 heterocycles. The van der Waals surface area contributed by atoms with Gasteiger partial charge < -0.3 is 4.74 Å². The molecule has 132 valence electrons. The molecule has 0 aliphatic carbocycles. The normalized spacial score (nSPS) is 10.5. The third-order valence-corrected chi connectivity index (χ3v) is 4.71. The van der Waals surface area contributed by atoms with Crippen LogP contribution in [0.5, 0.6) is 5.75 Å². The number of hydrogen-bond acceptors (Lipinski definition) is 6. The van der Waals surface area contributed by atoms with Crippen LogP contribution in [-0.4, -0.2) is 21.6 Å². The zero-order chi connectivity index (χ0) is 18.5. The van der Waals surface area contributed by atoms with Gasteiger partial charge in [-0.1, -0.05) is 23.9 Å². The molecule has 0 unspecified atom stereocenters. The molecular formula is C18H15N3O4S. The van der Waals surface area contributed by atoms with E-state index < -0.39 is 4.92 Å². The van der Waals surface area contributed by atoms with Gasteiger partial charge in [-0.2, -0.15) is 0 Å². The summed E-state index contributed by atoms with van der Waals surface area (Å²) in [5.41, 5.74) is 1.42. The van der Waals surface area contributed by atoms with Gasteiger partial charge in [-0.15, -0.1) is 0 Å². The molecule has 0 bridgehead atoms. The van der Waals surface area contributed by atoms with Crippen molar-refractivity contribution in [2.45, 2.75) is 10.8 Å². The van der Waals surface area contributed by atoms with Crippen molar-refractivity contribution in [3.05, 3.63) is 87.0 Å². The van der Waals surface area contributed by atoms with E-state index >= 15 is 0 Å². The molecule has 2 aromatic carbocycles. The highest BCUT2D eigenvalue weighted by atomic mass is 32.2. The molecular weight excluding hydrogens is 354 g/mol. The number of nitro groups is 1. The van der Waals surface area contributed by atoms with E-state index in [1.165, 1.54) is 28.5 Å². The minimum absolute atomic E-state index is 0.0402. The van der Waals surface area contributed by atoms with Gasteiger partial charge in [0, 0.05) is 36.0 Å². The molecule has 0 fully saturated rings. The fourth-order valence-corrected chi connectivity index (χ4v) is 3.16. The van der Waals surface area contributed by atoms with E-state index in [-0.39, 0.29) is 11.2 Å². The van der Waals surface area contributed by atoms with E-state index in [0.29, 0.717) is 16.5 Å². The number of hydrogen-bond donors (Lipinski definition) is 0. The monoisotopic (exact) mass is 369 g/mol. The van der Waals surface area contributed by atoms with Crippen LogP contribution in [0.3, 0.4) is 0 Å². The highest BCUT2D eigenvalue weighted by Gasteiger charge is 2.09. The Morgan fingerprint density at radius 2 is 1.85 bits per heavy atom. The lowest BCUT2D eigenvalue weighted by Gasteiger charge is -2.08. The molecule has 0 spiro atoms. The van der Waals surface area contributed by atoms with Crippen molar-refractivity contribution in [3.8, 4) is 11.4 Å². The number of rotatable bonds is 6. The van der Waals surface area contributed by atoms with Gasteiger partial charge in [-0.25, -0.2) is 4.98 Å². The molecule has 7 nitrogen and oxygen atoms in total. The number of aromatic nitrogens is 2. The van der Waals surface area contributed by atoms with Crippen molar-refractivity contribution < 1.29 is 9.66 Å². The molecule has 0 aliphatic rings. The first kappa shape index (κ1) is 17.7. The van der Waals surface area contributed by atoms with Crippen molar-refractivity contribution in [1.29, 1.82) is 0 Å². The maximum atomic E-state index is 12.6. The van der Waals surface area contributed by atoms with Crippen molar-refractivity contribution in [2.24, 2.45) is 0 Å². The Morgan fingerprint density at radius 3 is 2.46 bits per heavy atom. The van der Waals surface area contributed by atoms with Gasteiger partial charge in [-0.3, -0.25) is 19.5 Å². The summed E-state index contributed by atoms with van der Waals surface area (Å²) >= 11 is 1.29. The first-order chi connectivity index (χ1) is 12.6. The summed E-state index contributed by atoms with van der Waals surface area (Å²) in [6, 6.07) is 13.4. The maximum Gasteiger partial charge on any atom is 0.287 e. The van der Waals surface area contributed by atoms with E-state index in [1.54, 1.807) is 55.9 Å². The molecule has 0 saturated carbocycles. The summed E-state index contributed by atoms with van der Waals surface area (Å²) in [4.78, 5) is 27.0. The molecule has 0 amide bonds. The third kappa shape index (κ3) is 3.92. The third-order valence-electron chi connectivity index (χ3n) is 3.68. The van der Waals surface area contributed by atoms with Gasteiger partial charge in [0.1, 0.15) is 5.75 Å². The Morgan fingerprint density at radius 1 is 1.15 bits per heavy atom. The lowest BCUT2D eigenvalue weighted by molar-refractivity contribution is -0.384. The zero-order valence-corrected chi connectivity index (χ0v) is 14.7. The van der Waals surface area contributed by atoms with Gasteiger partial charge in [0.05, 0.1) is 12.0 Å². The SMILES string of the molecule is COc1ccc(-n2ccnc(SCc3ccc([N+](=O)[O-])cc3)c2=O)cc1. The standard InChI is InChI=1S/C18H15N3O4S/c1-25-16-8-6-14(7-9-16)20-11-10-19-17(18(20)22)26-12-13-2-4-15(5-3-13)21(23)24/h2-11H,12H2,1H3. The zero-order valence-electron chi connectivity index (χ0n) is 13.9. The van der Waals surface area contributed by atoms with Gasteiger partial charge >= 0.3 is 0 Å². The number of methoxy groups -OCH3 is 1. The topological polar surface area (TPSA) is 87.3 Å². The molecule has 8 heteroatoms. The van der Waals surface area contributed by atoms with E-state index in [1.807, 2.05) is 0 Å². The molecule has 0 atom stereocenters. The Hall–Kier alpha value is -3.13. The van der Waals surface area contributed by atoms with Gasteiger partial charge in [-0.05, 0) is 29.8 Å². The summed E-state index contributed by atoms with van der Waals surface area (Å²) in [5, 5.41) is 11.0. The number of thioether (sulfide) groups is 1. The Balaban J connectivity index is 1.78. The fourth-order valence-electron chi connectivity index (χ4n) is 2.30. The second-order valence-electron chi connectivity index (χ2n) is 5.32. The van der Waals surface area contributed by atoms with Gasteiger partial charge in [0.2, 0.25) is 0 Å². The van der Waals surface area contributed by atoms with E-state index in [2.05, 4.69) is 4.98 Å². The number of non-ortho nitro benzene ring substituents is 1. The molecule has 1 aromatic heterocycles. The maximum absolute atomic E-state index is 12.6. The Labute approximate surface area is 153 Å². The van der Waals surface area contributed by atoms with Gasteiger partial charge in [0.15, 0.2) is 5.03 Å². The predicted molar refractivity (Wildman–Crippen MR) is 99.0 cm³/mol. The smallest absolute Gasteiger partial charge is 0.287 e. The summed E-state index contributed by atoms with van der Waals surface area (Å²) in [7, 11) is 1.58. The largest absolute Gasteiger partial charge is 0.497 e. The Bertz CT molecular complexity index is 969. The van der Waals surface area contributed by atoms with Crippen LogP contribution in [0, 0.1) is 10.1 Å². The van der Waals surface area contributed by atoms with E-state index in [0.717, 1.165) is 11.3 Å². The lowest BCUT2D eigenvalue weighted by atomic mass is 10.2. The van der Waals surface area contributed by atoms with E-state index in [9.17, 15) is 14.9 Å². The number of nitrogens with zero attached hydrogens (tertiary/aromatic N) is 3. The van der Waals surface area contributed by atoms with Crippen LogP contribution in [0.25, 0.3) is 5.69 Å². The first-order valence-electron chi connectivity index (χ1n) is 7.66. The van der Waals surface area contributed by atoms with Crippen LogP contribution >= 0.6 is 11.8 Å². The first-order valence-corrected chi connectivity index (χ1v) is 8.65. The molecule has 3 rings (SSSR count). The number of nitro benzene ring substituents is 1. The molecule has 0 aliphatic heterocycles. The second-order valence-corrected chi connectivity index (χ2v) is 6.28. The highest BCUT2D eigenvalue weighted by Crippen LogP contribution is 2.21. The van der Waals surface area contributed by atoms with Gasteiger partial charge in [0.25, 0.3) is 11.2 Å². The van der Waals surface area contributed by atoms with Crippen LogP contribution in [0.15, 0.2) is 70.7 Å². The van der Waals surface area contributed by atoms with E-state index in [4.69, 9.17) is 4.74 Å². The van der Waals surface area contributed by atoms with Crippen molar-refractivity contribution in [2.75, 3.05) is 7.11 Å². The van der Waals surface area contributed by atoms with Crippen molar-refractivity contribution >= 4 is 17.4 Å². The van der Waals surface area contributed by atoms with Crippen molar-refractivity contribution in [1.82, 2.24) is 9.55 Å². The second kappa shape index (κ2) is 7.83. The molecule has 0 saturated heterocycles. The van der Waals surface area contributed by atoms with Crippen molar-refractivity contribution in [3.63, 3.8) is 0 Å². The van der Waals surface area contributed by atoms with Crippen LogP contribution in [0.2, 0.25) is 0 Å². The predicted octanol–water partition coefficient (Wildman–Crippen LogP) is 3.44.